The molecular weight excluding hydrogens is 358 g/mol. The van der Waals surface area contributed by atoms with Gasteiger partial charge in [0.25, 0.3) is 0 Å². The Kier molecular flexibility index (Phi) is 4.66. The van der Waals surface area contributed by atoms with E-state index < -0.39 is 0 Å². The summed E-state index contributed by atoms with van der Waals surface area (Å²) in [5.74, 6) is 1.55. The van der Waals surface area contributed by atoms with E-state index in [4.69, 9.17) is 9.15 Å². The smallest absolute Gasteiger partial charge is 0.209 e. The molecule has 6 heteroatoms. The minimum absolute atomic E-state index is 0.733. The summed E-state index contributed by atoms with van der Waals surface area (Å²) in [6.07, 6.45) is 1.22. The molecule has 124 valence electrons. The van der Waals surface area contributed by atoms with Crippen molar-refractivity contribution in [3.05, 3.63) is 28.6 Å². The molecule has 2 saturated heterocycles. The lowest BCUT2D eigenvalue weighted by Gasteiger charge is -2.35. The van der Waals surface area contributed by atoms with Crippen LogP contribution in [-0.2, 0) is 11.3 Å². The predicted molar refractivity (Wildman–Crippen MR) is 92.4 cm³/mol. The average Bonchev–Trinajstić information content (AvgIpc) is 3.18. The molecule has 2 aliphatic heterocycles. The summed E-state index contributed by atoms with van der Waals surface area (Å²) >= 11 is 3.47. The van der Waals surface area contributed by atoms with E-state index in [-0.39, 0.29) is 0 Å². The summed E-state index contributed by atoms with van der Waals surface area (Å²) in [4.78, 5) is 9.59. The normalized spacial score (nSPS) is 23.8. The highest BCUT2D eigenvalue weighted by molar-refractivity contribution is 9.10. The van der Waals surface area contributed by atoms with Crippen LogP contribution in [0.4, 0.5) is 0 Å². The fraction of sp³-hybridized carbons (Fsp3) is 0.588. The Morgan fingerprint density at radius 1 is 1.17 bits per heavy atom. The van der Waals surface area contributed by atoms with Crippen LogP contribution in [0.25, 0.3) is 11.1 Å². The monoisotopic (exact) mass is 379 g/mol. The standard InChI is InChI=1S/C17H22BrN3O2/c18-14-1-2-15-16(9-14)23-17(19-15)11-21-6-4-20(5-7-21)10-13-3-8-22-12-13/h1-2,9,13H,3-8,10-12H2. The number of nitrogens with zero attached hydrogens (tertiary/aromatic N) is 3. The molecule has 0 aliphatic carbocycles. The zero-order valence-electron chi connectivity index (χ0n) is 13.2. The maximum Gasteiger partial charge on any atom is 0.209 e. The molecule has 0 bridgehead atoms. The van der Waals surface area contributed by atoms with Gasteiger partial charge in [-0.3, -0.25) is 4.90 Å². The average molecular weight is 380 g/mol. The number of ether oxygens (including phenoxy) is 1. The third kappa shape index (κ3) is 3.76. The van der Waals surface area contributed by atoms with E-state index in [1.165, 1.54) is 13.0 Å². The molecule has 23 heavy (non-hydrogen) atoms. The van der Waals surface area contributed by atoms with Gasteiger partial charge in [-0.25, -0.2) is 4.98 Å². The van der Waals surface area contributed by atoms with Crippen molar-refractivity contribution in [2.24, 2.45) is 5.92 Å². The highest BCUT2D eigenvalue weighted by Crippen LogP contribution is 2.22. The van der Waals surface area contributed by atoms with E-state index in [1.54, 1.807) is 0 Å². The van der Waals surface area contributed by atoms with E-state index in [2.05, 4.69) is 30.7 Å². The van der Waals surface area contributed by atoms with E-state index >= 15 is 0 Å². The Labute approximate surface area is 144 Å². The number of benzene rings is 1. The first-order valence-electron chi connectivity index (χ1n) is 8.34. The molecule has 0 spiro atoms. The number of piperazine rings is 1. The van der Waals surface area contributed by atoms with Crippen molar-refractivity contribution < 1.29 is 9.15 Å². The van der Waals surface area contributed by atoms with E-state index in [0.717, 1.165) is 73.3 Å². The first-order valence-corrected chi connectivity index (χ1v) is 9.13. The zero-order valence-corrected chi connectivity index (χ0v) is 14.8. The number of hydrogen-bond donors (Lipinski definition) is 0. The van der Waals surface area contributed by atoms with Gasteiger partial charge in [-0.2, -0.15) is 0 Å². The number of rotatable bonds is 4. The van der Waals surface area contributed by atoms with Crippen LogP contribution in [0.5, 0.6) is 0 Å². The second-order valence-corrected chi connectivity index (χ2v) is 7.44. The summed E-state index contributed by atoms with van der Waals surface area (Å²) in [5, 5.41) is 0. The molecule has 2 fully saturated rings. The van der Waals surface area contributed by atoms with Crippen molar-refractivity contribution in [2.75, 3.05) is 45.9 Å². The third-order valence-electron chi connectivity index (χ3n) is 4.76. The van der Waals surface area contributed by atoms with Gasteiger partial charge in [0, 0.05) is 43.8 Å². The lowest BCUT2D eigenvalue weighted by molar-refractivity contribution is 0.102. The van der Waals surface area contributed by atoms with E-state index in [9.17, 15) is 0 Å². The van der Waals surface area contributed by atoms with Gasteiger partial charge in [0.05, 0.1) is 13.2 Å². The first kappa shape index (κ1) is 15.6. The largest absolute Gasteiger partial charge is 0.439 e. The summed E-state index contributed by atoms with van der Waals surface area (Å²) in [5.41, 5.74) is 1.79. The van der Waals surface area contributed by atoms with Gasteiger partial charge in [0.15, 0.2) is 5.58 Å². The van der Waals surface area contributed by atoms with Gasteiger partial charge in [0.2, 0.25) is 5.89 Å². The predicted octanol–water partition coefficient (Wildman–Crippen LogP) is 2.74. The lowest BCUT2D eigenvalue weighted by Crippen LogP contribution is -2.47. The van der Waals surface area contributed by atoms with Crippen LogP contribution in [0.1, 0.15) is 12.3 Å². The molecule has 5 nitrogen and oxygen atoms in total. The van der Waals surface area contributed by atoms with Crippen molar-refractivity contribution in [3.63, 3.8) is 0 Å². The molecular formula is C17H22BrN3O2. The Morgan fingerprint density at radius 2 is 2.00 bits per heavy atom. The molecule has 1 atom stereocenters. The van der Waals surface area contributed by atoms with Crippen LogP contribution in [0.3, 0.4) is 0 Å². The zero-order chi connectivity index (χ0) is 15.6. The Bertz CT molecular complexity index is 661. The summed E-state index contributed by atoms with van der Waals surface area (Å²) in [6, 6.07) is 5.97. The van der Waals surface area contributed by atoms with Crippen LogP contribution in [-0.4, -0.2) is 60.7 Å². The Balaban J connectivity index is 1.31. The number of halogens is 1. The fourth-order valence-corrected chi connectivity index (χ4v) is 3.77. The molecule has 4 rings (SSSR count). The van der Waals surface area contributed by atoms with Crippen molar-refractivity contribution >= 4 is 27.0 Å². The minimum Gasteiger partial charge on any atom is -0.439 e. The molecule has 2 aromatic rings. The SMILES string of the molecule is Brc1ccc2nc(CN3CCN(CC4CCOC4)CC3)oc2c1. The van der Waals surface area contributed by atoms with Crippen LogP contribution in [0.15, 0.2) is 27.1 Å². The van der Waals surface area contributed by atoms with Gasteiger partial charge in [-0.1, -0.05) is 15.9 Å². The van der Waals surface area contributed by atoms with Crippen molar-refractivity contribution in [1.29, 1.82) is 0 Å². The summed E-state index contributed by atoms with van der Waals surface area (Å²) in [6.45, 7) is 8.28. The summed E-state index contributed by atoms with van der Waals surface area (Å²) in [7, 11) is 0. The number of aromatic nitrogens is 1. The lowest BCUT2D eigenvalue weighted by atomic mass is 10.1. The van der Waals surface area contributed by atoms with Crippen molar-refractivity contribution in [2.45, 2.75) is 13.0 Å². The molecule has 2 aliphatic rings. The van der Waals surface area contributed by atoms with Crippen LogP contribution < -0.4 is 0 Å². The Morgan fingerprint density at radius 3 is 2.78 bits per heavy atom. The number of oxazole rings is 1. The number of fused-ring (bicyclic) bond motifs is 1. The molecule has 3 heterocycles. The van der Waals surface area contributed by atoms with Crippen molar-refractivity contribution in [3.8, 4) is 0 Å². The maximum atomic E-state index is 5.87. The fourth-order valence-electron chi connectivity index (χ4n) is 3.43. The van der Waals surface area contributed by atoms with Crippen LogP contribution >= 0.6 is 15.9 Å². The van der Waals surface area contributed by atoms with Crippen LogP contribution in [0, 0.1) is 5.92 Å². The van der Waals surface area contributed by atoms with Gasteiger partial charge in [-0.05, 0) is 30.5 Å². The second kappa shape index (κ2) is 6.89. The molecule has 1 aromatic carbocycles. The van der Waals surface area contributed by atoms with Gasteiger partial charge in [0.1, 0.15) is 5.52 Å². The molecule has 0 N–H and O–H groups in total. The number of hydrogen-bond acceptors (Lipinski definition) is 5. The molecule has 0 amide bonds. The highest BCUT2D eigenvalue weighted by Gasteiger charge is 2.23. The maximum absolute atomic E-state index is 5.87. The summed E-state index contributed by atoms with van der Waals surface area (Å²) < 4.78 is 12.4. The van der Waals surface area contributed by atoms with E-state index in [1.807, 2.05) is 18.2 Å². The second-order valence-electron chi connectivity index (χ2n) is 6.53. The molecule has 0 radical (unpaired) electrons. The van der Waals surface area contributed by atoms with Gasteiger partial charge < -0.3 is 14.1 Å². The highest BCUT2D eigenvalue weighted by atomic mass is 79.9. The molecule has 0 saturated carbocycles. The Hall–Kier alpha value is -0.950. The topological polar surface area (TPSA) is 41.7 Å². The quantitative estimate of drug-likeness (QED) is 0.816. The third-order valence-corrected chi connectivity index (χ3v) is 5.25. The molecule has 1 aromatic heterocycles. The van der Waals surface area contributed by atoms with Crippen LogP contribution in [0.2, 0.25) is 0 Å². The minimum atomic E-state index is 0.733. The first-order chi connectivity index (χ1) is 11.3. The van der Waals surface area contributed by atoms with Crippen molar-refractivity contribution in [1.82, 2.24) is 14.8 Å². The van der Waals surface area contributed by atoms with E-state index in [0.29, 0.717) is 0 Å². The van der Waals surface area contributed by atoms with Gasteiger partial charge in [-0.15, -0.1) is 0 Å². The molecule has 1 unspecified atom stereocenters. The van der Waals surface area contributed by atoms with Gasteiger partial charge >= 0.3 is 0 Å².